The number of rotatable bonds is 5. The van der Waals surface area contributed by atoms with Crippen molar-refractivity contribution in [2.45, 2.75) is 45.7 Å². The van der Waals surface area contributed by atoms with Crippen LogP contribution in [0.1, 0.15) is 31.6 Å². The Morgan fingerprint density at radius 3 is 2.79 bits per heavy atom. The van der Waals surface area contributed by atoms with Crippen LogP contribution in [0.3, 0.4) is 0 Å². The predicted molar refractivity (Wildman–Crippen MR) is 79.0 cm³/mol. The van der Waals surface area contributed by atoms with E-state index in [4.69, 9.17) is 5.73 Å². The summed E-state index contributed by atoms with van der Waals surface area (Å²) in [7, 11) is 0. The van der Waals surface area contributed by atoms with E-state index in [1.807, 2.05) is 13.0 Å². The lowest BCUT2D eigenvalue weighted by molar-refractivity contribution is 0.513. The summed E-state index contributed by atoms with van der Waals surface area (Å²) in [6.07, 6.45) is 2.68. The second-order valence-corrected chi connectivity index (χ2v) is 5.86. The second kappa shape index (κ2) is 5.71. The van der Waals surface area contributed by atoms with Crippen LogP contribution in [0.25, 0.3) is 10.2 Å². The minimum atomic E-state index is -0.369. The first-order chi connectivity index (χ1) is 9.06. The number of nitrogens with one attached hydrogen (secondary N) is 1. The normalized spacial score (nSPS) is 13.0. The quantitative estimate of drug-likeness (QED) is 0.870. The molecule has 0 aliphatic rings. The van der Waals surface area contributed by atoms with Crippen molar-refractivity contribution >= 4 is 21.6 Å². The Kier molecular flexibility index (Phi) is 4.21. The molecule has 0 radical (unpaired) electrons. The van der Waals surface area contributed by atoms with Gasteiger partial charge in [-0.3, -0.25) is 14.3 Å². The molecule has 2 aromatic heterocycles. The van der Waals surface area contributed by atoms with Crippen LogP contribution in [0.4, 0.5) is 0 Å². The minimum absolute atomic E-state index is 0.176. The maximum absolute atomic E-state index is 12.3. The SMILES string of the molecule is CCCc1cc2c(=O)n(CC(N)CC)c(=O)[nH]c2s1. The molecule has 3 N–H and O–H groups in total. The van der Waals surface area contributed by atoms with E-state index in [2.05, 4.69) is 11.9 Å². The van der Waals surface area contributed by atoms with Crippen LogP contribution in [-0.4, -0.2) is 15.6 Å². The summed E-state index contributed by atoms with van der Waals surface area (Å²) < 4.78 is 1.21. The molecule has 0 aliphatic heterocycles. The van der Waals surface area contributed by atoms with E-state index in [1.54, 1.807) is 0 Å². The van der Waals surface area contributed by atoms with Gasteiger partial charge in [-0.05, 0) is 18.9 Å². The van der Waals surface area contributed by atoms with Crippen molar-refractivity contribution in [3.63, 3.8) is 0 Å². The molecule has 1 atom stereocenters. The van der Waals surface area contributed by atoms with Crippen LogP contribution in [0, 0.1) is 0 Å². The van der Waals surface area contributed by atoms with Crippen molar-refractivity contribution in [3.8, 4) is 0 Å². The van der Waals surface area contributed by atoms with E-state index >= 15 is 0 Å². The first kappa shape index (κ1) is 14.0. The van der Waals surface area contributed by atoms with Gasteiger partial charge in [0.2, 0.25) is 0 Å². The van der Waals surface area contributed by atoms with Crippen LogP contribution in [0.5, 0.6) is 0 Å². The Morgan fingerprint density at radius 1 is 1.42 bits per heavy atom. The molecule has 0 aromatic carbocycles. The molecule has 0 aliphatic carbocycles. The molecule has 5 nitrogen and oxygen atoms in total. The second-order valence-electron chi connectivity index (χ2n) is 4.72. The highest BCUT2D eigenvalue weighted by Crippen LogP contribution is 2.21. The highest BCUT2D eigenvalue weighted by Gasteiger charge is 2.12. The first-order valence-corrected chi connectivity index (χ1v) is 7.39. The van der Waals surface area contributed by atoms with Crippen LogP contribution in [-0.2, 0) is 13.0 Å². The van der Waals surface area contributed by atoms with Crippen LogP contribution >= 0.6 is 11.3 Å². The number of hydrogen-bond acceptors (Lipinski definition) is 4. The fourth-order valence-corrected chi connectivity index (χ4v) is 3.13. The third-order valence-corrected chi connectivity index (χ3v) is 4.27. The van der Waals surface area contributed by atoms with Gasteiger partial charge in [-0.2, -0.15) is 0 Å². The Hall–Kier alpha value is -1.40. The summed E-state index contributed by atoms with van der Waals surface area (Å²) in [6.45, 7) is 4.29. The predicted octanol–water partition coefficient (Wildman–Crippen LogP) is 1.44. The standard InChI is InChI=1S/C13H19N3O2S/c1-3-5-9-6-10-11(19-9)15-13(18)16(12(10)17)7-8(14)4-2/h6,8H,3-5,7,14H2,1-2H3,(H,15,18). The molecule has 104 valence electrons. The number of fused-ring (bicyclic) bond motifs is 1. The number of nitrogens with two attached hydrogens (primary N) is 1. The van der Waals surface area contributed by atoms with Gasteiger partial charge >= 0.3 is 5.69 Å². The molecule has 0 fully saturated rings. The molecule has 19 heavy (non-hydrogen) atoms. The molecule has 2 heterocycles. The average Bonchev–Trinajstić information content (AvgIpc) is 2.77. The monoisotopic (exact) mass is 281 g/mol. The summed E-state index contributed by atoms with van der Waals surface area (Å²) in [5.41, 5.74) is 5.23. The number of hydrogen-bond donors (Lipinski definition) is 2. The lowest BCUT2D eigenvalue weighted by Crippen LogP contribution is -2.40. The Labute approximate surface area is 115 Å². The van der Waals surface area contributed by atoms with Crippen molar-refractivity contribution in [2.75, 3.05) is 0 Å². The number of H-pyrrole nitrogens is 1. The zero-order valence-electron chi connectivity index (χ0n) is 11.2. The van der Waals surface area contributed by atoms with Gasteiger partial charge in [-0.15, -0.1) is 11.3 Å². The third-order valence-electron chi connectivity index (χ3n) is 3.16. The Bertz CT molecular complexity index is 683. The van der Waals surface area contributed by atoms with Crippen LogP contribution < -0.4 is 17.0 Å². The summed E-state index contributed by atoms with van der Waals surface area (Å²) >= 11 is 1.48. The topological polar surface area (TPSA) is 80.9 Å². The largest absolute Gasteiger partial charge is 0.329 e. The van der Waals surface area contributed by atoms with E-state index in [0.29, 0.717) is 10.2 Å². The fraction of sp³-hybridized carbons (Fsp3) is 0.538. The maximum Gasteiger partial charge on any atom is 0.329 e. The van der Waals surface area contributed by atoms with E-state index in [0.717, 1.165) is 24.1 Å². The molecule has 6 heteroatoms. The molecule has 0 bridgehead atoms. The molecule has 2 rings (SSSR count). The van der Waals surface area contributed by atoms with Crippen molar-refractivity contribution < 1.29 is 0 Å². The van der Waals surface area contributed by atoms with Crippen molar-refractivity contribution in [3.05, 3.63) is 31.8 Å². The van der Waals surface area contributed by atoms with Crippen LogP contribution in [0.2, 0.25) is 0 Å². The van der Waals surface area contributed by atoms with Gasteiger partial charge < -0.3 is 5.73 Å². The number of aryl methyl sites for hydroxylation is 1. The molecule has 1 unspecified atom stereocenters. The van der Waals surface area contributed by atoms with Gasteiger partial charge in [-0.1, -0.05) is 20.3 Å². The van der Waals surface area contributed by atoms with Crippen LogP contribution in [0.15, 0.2) is 15.7 Å². The number of thiophene rings is 1. The molecule has 0 saturated heterocycles. The lowest BCUT2D eigenvalue weighted by Gasteiger charge is -2.09. The average molecular weight is 281 g/mol. The van der Waals surface area contributed by atoms with E-state index < -0.39 is 0 Å². The fourth-order valence-electron chi connectivity index (χ4n) is 2.00. The zero-order valence-corrected chi connectivity index (χ0v) is 12.0. The molecule has 0 spiro atoms. The number of aromatic nitrogens is 2. The van der Waals surface area contributed by atoms with Gasteiger partial charge in [-0.25, -0.2) is 4.79 Å². The van der Waals surface area contributed by atoms with Crippen molar-refractivity contribution in [2.24, 2.45) is 5.73 Å². The molecule has 0 amide bonds. The lowest BCUT2D eigenvalue weighted by atomic mass is 10.2. The maximum atomic E-state index is 12.3. The van der Waals surface area contributed by atoms with E-state index in [1.165, 1.54) is 15.9 Å². The molecule has 2 aromatic rings. The minimum Gasteiger partial charge on any atom is -0.326 e. The van der Waals surface area contributed by atoms with Gasteiger partial charge in [0.15, 0.2) is 0 Å². The van der Waals surface area contributed by atoms with Gasteiger partial charge in [0.25, 0.3) is 5.56 Å². The number of aromatic amines is 1. The smallest absolute Gasteiger partial charge is 0.326 e. The summed E-state index contributed by atoms with van der Waals surface area (Å²) in [5.74, 6) is 0. The molecule has 0 saturated carbocycles. The third kappa shape index (κ3) is 2.79. The molecular weight excluding hydrogens is 262 g/mol. The highest BCUT2D eigenvalue weighted by molar-refractivity contribution is 7.18. The number of nitrogens with zero attached hydrogens (tertiary/aromatic N) is 1. The highest BCUT2D eigenvalue weighted by atomic mass is 32.1. The van der Waals surface area contributed by atoms with E-state index in [-0.39, 0.29) is 23.8 Å². The van der Waals surface area contributed by atoms with Crippen molar-refractivity contribution in [1.82, 2.24) is 9.55 Å². The summed E-state index contributed by atoms with van der Waals surface area (Å²) in [4.78, 5) is 28.8. The van der Waals surface area contributed by atoms with Gasteiger partial charge in [0.1, 0.15) is 4.83 Å². The zero-order chi connectivity index (χ0) is 14.0. The molecular formula is C13H19N3O2S. The first-order valence-electron chi connectivity index (χ1n) is 6.57. The van der Waals surface area contributed by atoms with Gasteiger partial charge in [0.05, 0.1) is 5.39 Å². The Morgan fingerprint density at radius 2 is 2.16 bits per heavy atom. The van der Waals surface area contributed by atoms with Gasteiger partial charge in [0, 0.05) is 17.5 Å². The summed E-state index contributed by atoms with van der Waals surface area (Å²) in [6, 6.07) is 1.71. The Balaban J connectivity index is 2.54. The van der Waals surface area contributed by atoms with E-state index in [9.17, 15) is 9.59 Å². The van der Waals surface area contributed by atoms with Crippen molar-refractivity contribution in [1.29, 1.82) is 0 Å². The summed E-state index contributed by atoms with van der Waals surface area (Å²) in [5, 5.41) is 0.594.